The Morgan fingerprint density at radius 2 is 1.31 bits per heavy atom. The second-order valence-electron chi connectivity index (χ2n) is 7.05. The molecule has 0 saturated heterocycles. The monoisotopic (exact) mass is 243 g/mol. The van der Waals surface area contributed by atoms with Crippen LogP contribution in [-0.4, -0.2) is 6.04 Å². The van der Waals surface area contributed by atoms with Gasteiger partial charge >= 0.3 is 0 Å². The first-order valence-corrected chi connectivity index (χ1v) is 6.84. The summed E-state index contributed by atoms with van der Waals surface area (Å²) >= 11 is 0. The van der Waals surface area contributed by atoms with Crippen molar-refractivity contribution in [3.63, 3.8) is 0 Å². The summed E-state index contributed by atoms with van der Waals surface area (Å²) in [6.45, 7) is 4.62. The van der Waals surface area contributed by atoms with Gasteiger partial charge in [0.2, 0.25) is 0 Å². The van der Waals surface area contributed by atoms with Gasteiger partial charge in [0.05, 0.1) is 0 Å². The SMILES string of the molecule is CC(C)C(N)C12CC3CC(CC(C3)C1)C2.Cl. The predicted molar refractivity (Wildman–Crippen MR) is 70.7 cm³/mol. The van der Waals surface area contributed by atoms with E-state index < -0.39 is 0 Å². The van der Waals surface area contributed by atoms with Crippen LogP contribution in [0.25, 0.3) is 0 Å². The molecule has 94 valence electrons. The lowest BCUT2D eigenvalue weighted by atomic mass is 9.47. The normalized spacial score (nSPS) is 46.9. The highest BCUT2D eigenvalue weighted by molar-refractivity contribution is 5.85. The minimum atomic E-state index is 0. The van der Waals surface area contributed by atoms with Crippen LogP contribution in [0, 0.1) is 29.1 Å². The van der Waals surface area contributed by atoms with Gasteiger partial charge in [0, 0.05) is 6.04 Å². The van der Waals surface area contributed by atoms with Gasteiger partial charge in [-0.15, -0.1) is 12.4 Å². The van der Waals surface area contributed by atoms with Gasteiger partial charge in [0.25, 0.3) is 0 Å². The van der Waals surface area contributed by atoms with Gasteiger partial charge in [-0.2, -0.15) is 0 Å². The molecule has 2 N–H and O–H groups in total. The Morgan fingerprint density at radius 1 is 0.938 bits per heavy atom. The van der Waals surface area contributed by atoms with Crippen molar-refractivity contribution in [2.45, 2.75) is 58.4 Å². The quantitative estimate of drug-likeness (QED) is 0.788. The number of halogens is 1. The summed E-state index contributed by atoms with van der Waals surface area (Å²) in [4.78, 5) is 0. The molecule has 0 aromatic heterocycles. The van der Waals surface area contributed by atoms with E-state index in [1.807, 2.05) is 0 Å². The van der Waals surface area contributed by atoms with Crippen LogP contribution >= 0.6 is 12.4 Å². The molecule has 0 radical (unpaired) electrons. The van der Waals surface area contributed by atoms with Crippen LogP contribution in [0.5, 0.6) is 0 Å². The fourth-order valence-corrected chi connectivity index (χ4v) is 5.29. The number of nitrogens with two attached hydrogens (primary N) is 1. The van der Waals surface area contributed by atoms with Gasteiger partial charge in [-0.3, -0.25) is 0 Å². The van der Waals surface area contributed by atoms with Gasteiger partial charge in [-0.05, 0) is 67.6 Å². The molecule has 16 heavy (non-hydrogen) atoms. The smallest absolute Gasteiger partial charge is 0.0119 e. The van der Waals surface area contributed by atoms with Crippen molar-refractivity contribution in [3.8, 4) is 0 Å². The minimum Gasteiger partial charge on any atom is -0.327 e. The van der Waals surface area contributed by atoms with E-state index in [0.29, 0.717) is 17.4 Å². The molecule has 1 atom stereocenters. The maximum Gasteiger partial charge on any atom is 0.0119 e. The van der Waals surface area contributed by atoms with E-state index >= 15 is 0 Å². The fourth-order valence-electron chi connectivity index (χ4n) is 5.29. The van der Waals surface area contributed by atoms with Crippen LogP contribution in [-0.2, 0) is 0 Å². The third-order valence-electron chi connectivity index (χ3n) is 5.51. The first-order valence-electron chi connectivity index (χ1n) is 6.84. The predicted octanol–water partition coefficient (Wildman–Crippen LogP) is 3.61. The molecule has 4 aliphatic rings. The highest BCUT2D eigenvalue weighted by atomic mass is 35.5. The zero-order valence-corrected chi connectivity index (χ0v) is 11.4. The van der Waals surface area contributed by atoms with Gasteiger partial charge in [0.1, 0.15) is 0 Å². The molecule has 4 fully saturated rings. The van der Waals surface area contributed by atoms with Crippen molar-refractivity contribution in [3.05, 3.63) is 0 Å². The summed E-state index contributed by atoms with van der Waals surface area (Å²) in [5.41, 5.74) is 7.07. The molecule has 0 aliphatic heterocycles. The average molecular weight is 244 g/mol. The Kier molecular flexibility index (Phi) is 3.31. The van der Waals surface area contributed by atoms with E-state index in [1.54, 1.807) is 0 Å². The van der Waals surface area contributed by atoms with Crippen molar-refractivity contribution < 1.29 is 0 Å². The topological polar surface area (TPSA) is 26.0 Å². The standard InChI is InChI=1S/C14H25N.ClH/c1-9(2)13(15)14-6-10-3-11(7-14)5-12(4-10)8-14;/h9-13H,3-8,15H2,1-2H3;1H. The molecular weight excluding hydrogens is 218 g/mol. The molecule has 1 nitrogen and oxygen atoms in total. The molecule has 4 aliphatic carbocycles. The number of rotatable bonds is 2. The highest BCUT2D eigenvalue weighted by Crippen LogP contribution is 2.61. The first-order chi connectivity index (χ1) is 7.09. The van der Waals surface area contributed by atoms with Gasteiger partial charge in [0.15, 0.2) is 0 Å². The van der Waals surface area contributed by atoms with Crippen LogP contribution in [0.4, 0.5) is 0 Å². The number of hydrogen-bond donors (Lipinski definition) is 1. The molecule has 0 heterocycles. The molecule has 1 unspecified atom stereocenters. The fraction of sp³-hybridized carbons (Fsp3) is 1.00. The van der Waals surface area contributed by atoms with Crippen LogP contribution < -0.4 is 5.73 Å². The molecule has 0 amide bonds. The summed E-state index contributed by atoms with van der Waals surface area (Å²) < 4.78 is 0. The van der Waals surface area contributed by atoms with Crippen molar-refractivity contribution in [2.75, 3.05) is 0 Å². The van der Waals surface area contributed by atoms with Crippen LogP contribution in [0.2, 0.25) is 0 Å². The lowest BCUT2D eigenvalue weighted by Gasteiger charge is -2.59. The third-order valence-corrected chi connectivity index (χ3v) is 5.51. The molecule has 4 saturated carbocycles. The molecule has 4 rings (SSSR count). The minimum absolute atomic E-state index is 0. The van der Waals surface area contributed by atoms with E-state index in [2.05, 4.69) is 13.8 Å². The maximum atomic E-state index is 6.52. The zero-order chi connectivity index (χ0) is 10.6. The lowest BCUT2D eigenvalue weighted by molar-refractivity contribution is -0.0743. The lowest BCUT2D eigenvalue weighted by Crippen LogP contribution is -2.56. The van der Waals surface area contributed by atoms with Crippen molar-refractivity contribution in [1.29, 1.82) is 0 Å². The second-order valence-corrected chi connectivity index (χ2v) is 7.05. The summed E-state index contributed by atoms with van der Waals surface area (Å²) in [6, 6.07) is 0.464. The van der Waals surface area contributed by atoms with E-state index in [-0.39, 0.29) is 12.4 Å². The average Bonchev–Trinajstić information content (AvgIpc) is 2.14. The van der Waals surface area contributed by atoms with Gasteiger partial charge in [-0.1, -0.05) is 13.8 Å². The Hall–Kier alpha value is 0.250. The van der Waals surface area contributed by atoms with Crippen molar-refractivity contribution in [2.24, 2.45) is 34.8 Å². The Labute approximate surface area is 106 Å². The molecule has 2 heteroatoms. The largest absolute Gasteiger partial charge is 0.327 e. The second kappa shape index (κ2) is 4.17. The molecule has 0 aromatic carbocycles. The van der Waals surface area contributed by atoms with E-state index in [0.717, 1.165) is 17.8 Å². The molecule has 4 bridgehead atoms. The Bertz CT molecular complexity index is 226. The van der Waals surface area contributed by atoms with E-state index in [9.17, 15) is 0 Å². The van der Waals surface area contributed by atoms with Crippen molar-refractivity contribution >= 4 is 12.4 Å². The number of hydrogen-bond acceptors (Lipinski definition) is 1. The summed E-state index contributed by atoms with van der Waals surface area (Å²) in [5, 5.41) is 0. The zero-order valence-electron chi connectivity index (χ0n) is 10.6. The Balaban J connectivity index is 0.000000963. The first kappa shape index (κ1) is 12.7. The van der Waals surface area contributed by atoms with Gasteiger partial charge in [-0.25, -0.2) is 0 Å². The molecule has 0 aromatic rings. The van der Waals surface area contributed by atoms with Crippen LogP contribution in [0.1, 0.15) is 52.4 Å². The summed E-state index contributed by atoms with van der Waals surface area (Å²) in [7, 11) is 0. The highest BCUT2D eigenvalue weighted by Gasteiger charge is 2.53. The van der Waals surface area contributed by atoms with Crippen LogP contribution in [0.3, 0.4) is 0 Å². The maximum absolute atomic E-state index is 6.52. The van der Waals surface area contributed by atoms with E-state index in [4.69, 9.17) is 5.73 Å². The van der Waals surface area contributed by atoms with E-state index in [1.165, 1.54) is 38.5 Å². The molecular formula is C14H26ClN. The van der Waals surface area contributed by atoms with Gasteiger partial charge < -0.3 is 5.73 Å². The molecule has 0 spiro atoms. The Morgan fingerprint density at radius 3 is 1.62 bits per heavy atom. The van der Waals surface area contributed by atoms with Crippen LogP contribution in [0.15, 0.2) is 0 Å². The summed E-state index contributed by atoms with van der Waals surface area (Å²) in [6.07, 6.45) is 8.97. The third kappa shape index (κ3) is 1.80. The van der Waals surface area contributed by atoms with Crippen molar-refractivity contribution in [1.82, 2.24) is 0 Å². The summed E-state index contributed by atoms with van der Waals surface area (Å²) in [5.74, 6) is 3.80.